The molecule has 0 aromatic heterocycles. The van der Waals surface area contributed by atoms with E-state index in [1.807, 2.05) is 13.8 Å². The van der Waals surface area contributed by atoms with Crippen LogP contribution in [0.4, 0.5) is 17.6 Å². The Balaban J connectivity index is 0.00000324. The van der Waals surface area contributed by atoms with E-state index in [0.717, 1.165) is 18.6 Å². The zero-order valence-electron chi connectivity index (χ0n) is 10.8. The van der Waals surface area contributed by atoms with Crippen LogP contribution in [-0.2, 0) is 6.18 Å². The second-order valence-corrected chi connectivity index (χ2v) is 4.81. The van der Waals surface area contributed by atoms with Crippen molar-refractivity contribution in [2.45, 2.75) is 38.9 Å². The monoisotopic (exact) mass is 299 g/mol. The molecular weight excluding hydrogens is 282 g/mol. The molecule has 1 aromatic carbocycles. The normalized spacial score (nSPS) is 13.3. The zero-order chi connectivity index (χ0) is 13.9. The summed E-state index contributed by atoms with van der Waals surface area (Å²) in [6.45, 7) is 3.95. The second-order valence-electron chi connectivity index (χ2n) is 4.81. The standard InChI is InChI=1S/C13H17F4N.ClH/c1-8(2)3-6-12(18)10-5-4-9(14)7-11(10)13(15,16)17;/h4-5,7-8,12H,3,6,18H2,1-2H3;1H/t12-;/m0./s1. The van der Waals surface area contributed by atoms with Gasteiger partial charge in [0, 0.05) is 6.04 Å². The highest BCUT2D eigenvalue weighted by atomic mass is 35.5. The number of hydrogen-bond acceptors (Lipinski definition) is 1. The van der Waals surface area contributed by atoms with Gasteiger partial charge in [0.1, 0.15) is 5.82 Å². The Hall–Kier alpha value is -0.810. The Kier molecular flexibility index (Phi) is 6.80. The van der Waals surface area contributed by atoms with Crippen LogP contribution in [0.5, 0.6) is 0 Å². The number of benzene rings is 1. The fraction of sp³-hybridized carbons (Fsp3) is 0.538. The Bertz CT molecular complexity index is 404. The smallest absolute Gasteiger partial charge is 0.324 e. The van der Waals surface area contributed by atoms with E-state index in [-0.39, 0.29) is 18.0 Å². The maximum absolute atomic E-state index is 12.9. The van der Waals surface area contributed by atoms with E-state index >= 15 is 0 Å². The number of rotatable bonds is 4. The molecule has 1 atom stereocenters. The molecule has 1 rings (SSSR count). The van der Waals surface area contributed by atoms with E-state index in [1.54, 1.807) is 0 Å². The maximum Gasteiger partial charge on any atom is 0.416 e. The van der Waals surface area contributed by atoms with Gasteiger partial charge in [-0.25, -0.2) is 4.39 Å². The van der Waals surface area contributed by atoms with E-state index in [0.29, 0.717) is 18.4 Å². The molecule has 0 spiro atoms. The van der Waals surface area contributed by atoms with Gasteiger partial charge in [-0.15, -0.1) is 12.4 Å². The van der Waals surface area contributed by atoms with Crippen molar-refractivity contribution in [2.24, 2.45) is 11.7 Å². The molecule has 0 radical (unpaired) electrons. The first-order valence-corrected chi connectivity index (χ1v) is 5.84. The van der Waals surface area contributed by atoms with Gasteiger partial charge in [-0.1, -0.05) is 19.9 Å². The molecule has 0 fully saturated rings. The maximum atomic E-state index is 12.9. The number of alkyl halides is 3. The topological polar surface area (TPSA) is 26.0 Å². The summed E-state index contributed by atoms with van der Waals surface area (Å²) >= 11 is 0. The third-order valence-electron chi connectivity index (χ3n) is 2.78. The minimum atomic E-state index is -4.58. The van der Waals surface area contributed by atoms with Crippen molar-refractivity contribution in [1.82, 2.24) is 0 Å². The Labute approximate surface area is 116 Å². The largest absolute Gasteiger partial charge is 0.416 e. The summed E-state index contributed by atoms with van der Waals surface area (Å²) in [5.74, 6) is -0.534. The molecule has 1 aromatic rings. The first-order chi connectivity index (χ1) is 8.21. The first-order valence-electron chi connectivity index (χ1n) is 5.84. The summed E-state index contributed by atoms with van der Waals surface area (Å²) in [5, 5.41) is 0. The molecule has 110 valence electrons. The molecule has 0 aliphatic rings. The second kappa shape index (κ2) is 7.10. The summed E-state index contributed by atoms with van der Waals surface area (Å²) in [6.07, 6.45) is -3.39. The van der Waals surface area contributed by atoms with Crippen molar-refractivity contribution in [1.29, 1.82) is 0 Å². The lowest BCUT2D eigenvalue weighted by molar-refractivity contribution is -0.138. The molecular formula is C13H18ClF4N. The fourth-order valence-corrected chi connectivity index (χ4v) is 1.77. The summed E-state index contributed by atoms with van der Waals surface area (Å²) in [6, 6.07) is 1.93. The van der Waals surface area contributed by atoms with Gasteiger partial charge in [0.2, 0.25) is 0 Å². The van der Waals surface area contributed by atoms with Crippen LogP contribution in [0.2, 0.25) is 0 Å². The van der Waals surface area contributed by atoms with Crippen LogP contribution in [0.3, 0.4) is 0 Å². The highest BCUT2D eigenvalue weighted by molar-refractivity contribution is 5.85. The molecule has 1 nitrogen and oxygen atoms in total. The van der Waals surface area contributed by atoms with E-state index in [4.69, 9.17) is 5.73 Å². The predicted octanol–water partition coefficient (Wildman–Crippen LogP) is 4.70. The van der Waals surface area contributed by atoms with Gasteiger partial charge in [-0.05, 0) is 36.5 Å². The molecule has 0 aliphatic carbocycles. The SMILES string of the molecule is CC(C)CC[C@H](N)c1ccc(F)cc1C(F)(F)F.Cl. The lowest BCUT2D eigenvalue weighted by Gasteiger charge is -2.19. The molecule has 0 amide bonds. The Morgan fingerprint density at radius 3 is 2.21 bits per heavy atom. The van der Waals surface area contributed by atoms with Gasteiger partial charge >= 0.3 is 6.18 Å². The zero-order valence-corrected chi connectivity index (χ0v) is 11.6. The molecule has 0 saturated carbocycles. The minimum absolute atomic E-state index is 0. The average molecular weight is 300 g/mol. The fourth-order valence-electron chi connectivity index (χ4n) is 1.77. The van der Waals surface area contributed by atoms with Crippen LogP contribution in [0.25, 0.3) is 0 Å². The van der Waals surface area contributed by atoms with Crippen LogP contribution in [0.15, 0.2) is 18.2 Å². The number of hydrogen-bond donors (Lipinski definition) is 1. The highest BCUT2D eigenvalue weighted by Crippen LogP contribution is 2.35. The lowest BCUT2D eigenvalue weighted by Crippen LogP contribution is -2.18. The van der Waals surface area contributed by atoms with Crippen LogP contribution in [-0.4, -0.2) is 0 Å². The quantitative estimate of drug-likeness (QED) is 0.801. The van der Waals surface area contributed by atoms with Gasteiger partial charge in [-0.2, -0.15) is 13.2 Å². The highest BCUT2D eigenvalue weighted by Gasteiger charge is 2.35. The molecule has 19 heavy (non-hydrogen) atoms. The van der Waals surface area contributed by atoms with Crippen LogP contribution in [0, 0.1) is 11.7 Å². The van der Waals surface area contributed by atoms with Crippen molar-refractivity contribution in [2.75, 3.05) is 0 Å². The molecule has 0 saturated heterocycles. The van der Waals surface area contributed by atoms with Crippen molar-refractivity contribution in [3.8, 4) is 0 Å². The van der Waals surface area contributed by atoms with Crippen LogP contribution in [0.1, 0.15) is 43.9 Å². The van der Waals surface area contributed by atoms with Gasteiger partial charge in [0.05, 0.1) is 5.56 Å². The number of halogens is 5. The van der Waals surface area contributed by atoms with Crippen molar-refractivity contribution >= 4 is 12.4 Å². The van der Waals surface area contributed by atoms with Crippen LogP contribution < -0.4 is 5.73 Å². The third kappa shape index (κ3) is 5.37. The summed E-state index contributed by atoms with van der Waals surface area (Å²) in [4.78, 5) is 0. The molecule has 0 aliphatic heterocycles. The van der Waals surface area contributed by atoms with Gasteiger partial charge in [0.15, 0.2) is 0 Å². The van der Waals surface area contributed by atoms with Gasteiger partial charge in [-0.3, -0.25) is 0 Å². The summed E-state index contributed by atoms with van der Waals surface area (Å²) < 4.78 is 51.2. The van der Waals surface area contributed by atoms with E-state index in [2.05, 4.69) is 0 Å². The third-order valence-corrected chi connectivity index (χ3v) is 2.78. The molecule has 0 unspecified atom stereocenters. The van der Waals surface area contributed by atoms with Crippen LogP contribution >= 0.6 is 12.4 Å². The summed E-state index contributed by atoms with van der Waals surface area (Å²) in [7, 11) is 0. The van der Waals surface area contributed by atoms with Crippen molar-refractivity contribution in [3.63, 3.8) is 0 Å². The summed E-state index contributed by atoms with van der Waals surface area (Å²) in [5.41, 5.74) is 4.76. The average Bonchev–Trinajstić information content (AvgIpc) is 2.24. The lowest BCUT2D eigenvalue weighted by atomic mass is 9.94. The van der Waals surface area contributed by atoms with Gasteiger partial charge in [0.25, 0.3) is 0 Å². The van der Waals surface area contributed by atoms with E-state index in [1.165, 1.54) is 0 Å². The Morgan fingerprint density at radius 2 is 1.74 bits per heavy atom. The number of nitrogens with two attached hydrogens (primary N) is 1. The molecule has 0 heterocycles. The van der Waals surface area contributed by atoms with Crippen molar-refractivity contribution in [3.05, 3.63) is 35.1 Å². The molecule has 0 bridgehead atoms. The molecule has 6 heteroatoms. The first kappa shape index (κ1) is 18.2. The van der Waals surface area contributed by atoms with Crippen molar-refractivity contribution < 1.29 is 17.6 Å². The minimum Gasteiger partial charge on any atom is -0.324 e. The molecule has 2 N–H and O–H groups in total. The van der Waals surface area contributed by atoms with E-state index < -0.39 is 23.6 Å². The van der Waals surface area contributed by atoms with E-state index in [9.17, 15) is 17.6 Å². The predicted molar refractivity (Wildman–Crippen MR) is 69.7 cm³/mol. The van der Waals surface area contributed by atoms with Gasteiger partial charge < -0.3 is 5.73 Å². The Morgan fingerprint density at radius 1 is 1.16 bits per heavy atom.